The lowest BCUT2D eigenvalue weighted by atomic mass is 10.0. The fraction of sp³-hybridized carbons (Fsp3) is 0.524. The summed E-state index contributed by atoms with van der Waals surface area (Å²) < 4.78 is 47.4. The lowest BCUT2D eigenvalue weighted by molar-refractivity contribution is -0.192. The molecule has 0 unspecified atom stereocenters. The molecule has 0 aliphatic rings. The fourth-order valence-corrected chi connectivity index (χ4v) is 2.65. The van der Waals surface area contributed by atoms with E-state index in [1.54, 1.807) is 13.2 Å². The van der Waals surface area contributed by atoms with Crippen molar-refractivity contribution in [3.8, 4) is 11.5 Å². The number of hydrogen-bond donors (Lipinski definition) is 3. The Morgan fingerprint density at radius 1 is 1.12 bits per heavy atom. The third-order valence-electron chi connectivity index (χ3n) is 4.25. The van der Waals surface area contributed by atoms with E-state index < -0.39 is 30.1 Å². The Bertz CT molecular complexity index is 846. The first kappa shape index (κ1) is 30.8. The van der Waals surface area contributed by atoms with Crippen LogP contribution in [0.3, 0.4) is 0 Å². The van der Waals surface area contributed by atoms with Crippen LogP contribution < -0.4 is 20.5 Å². The van der Waals surface area contributed by atoms with Crippen molar-refractivity contribution in [3.05, 3.63) is 23.8 Å². The number of hydrogen-bond acceptors (Lipinski definition) is 8. The van der Waals surface area contributed by atoms with Gasteiger partial charge in [-0.3, -0.25) is 14.4 Å². The Morgan fingerprint density at radius 3 is 2.15 bits per heavy atom. The van der Waals surface area contributed by atoms with E-state index in [0.29, 0.717) is 17.9 Å². The molecule has 4 N–H and O–H groups in total. The van der Waals surface area contributed by atoms with E-state index >= 15 is 0 Å². The number of aryl methyl sites for hydroxylation is 1. The summed E-state index contributed by atoms with van der Waals surface area (Å²) in [5, 5.41) is 9.69. The summed E-state index contributed by atoms with van der Waals surface area (Å²) in [4.78, 5) is 44.7. The summed E-state index contributed by atoms with van der Waals surface area (Å²) in [5.74, 6) is -2.56. The average molecular weight is 494 g/mol. The van der Waals surface area contributed by atoms with Gasteiger partial charge in [0.25, 0.3) is 0 Å². The monoisotopic (exact) mass is 494 g/mol. The summed E-state index contributed by atoms with van der Waals surface area (Å²) in [6.45, 7) is 1.37. The second kappa shape index (κ2) is 14.9. The molecule has 0 saturated carbocycles. The predicted octanol–water partition coefficient (Wildman–Crippen LogP) is 1.28. The number of para-hydroxylation sites is 1. The predicted molar refractivity (Wildman–Crippen MR) is 114 cm³/mol. The van der Waals surface area contributed by atoms with Crippen molar-refractivity contribution in [3.63, 3.8) is 0 Å². The normalized spacial score (nSPS) is 12.5. The first-order chi connectivity index (χ1) is 15.8. The molecule has 0 radical (unpaired) electrons. The highest BCUT2D eigenvalue weighted by Gasteiger charge is 2.38. The number of benzene rings is 1. The van der Waals surface area contributed by atoms with Gasteiger partial charge in [-0.05, 0) is 25.0 Å². The molecule has 0 spiro atoms. The van der Waals surface area contributed by atoms with Crippen LogP contribution in [0.1, 0.15) is 25.3 Å². The molecule has 0 heterocycles. The molecule has 34 heavy (non-hydrogen) atoms. The van der Waals surface area contributed by atoms with Gasteiger partial charge < -0.3 is 30.4 Å². The van der Waals surface area contributed by atoms with Crippen molar-refractivity contribution in [1.29, 1.82) is 0 Å². The molecule has 0 aromatic heterocycles. The standard InChI is InChI=1S/C19H28N2O6.C2HF3O2/c1-12(22)10-14(20)19(24)21-15(11-25-2)16(23)9-8-13-6-5-7-17(26-3)18(13)27-4;3-2(4,5)1(6)7/h5-7,14-15H,8-11,20H2,1-4H3,(H,21,24);(H,6,7)/t14-,15-;/m0./s1. The number of rotatable bonds is 12. The molecule has 1 rings (SSSR count). The molecular formula is C21H29F3N2O8. The van der Waals surface area contributed by atoms with Crippen LogP contribution in [0.4, 0.5) is 13.2 Å². The molecular weight excluding hydrogens is 465 g/mol. The number of ether oxygens (including phenoxy) is 3. The van der Waals surface area contributed by atoms with Crippen molar-refractivity contribution in [1.82, 2.24) is 5.32 Å². The Kier molecular flexibility index (Phi) is 13.5. The van der Waals surface area contributed by atoms with Gasteiger partial charge in [-0.1, -0.05) is 12.1 Å². The van der Waals surface area contributed by atoms with Crippen LogP contribution >= 0.6 is 0 Å². The van der Waals surface area contributed by atoms with Crippen LogP contribution in [0.2, 0.25) is 0 Å². The minimum Gasteiger partial charge on any atom is -0.493 e. The Labute approximate surface area is 194 Å². The zero-order valence-corrected chi connectivity index (χ0v) is 19.2. The maximum atomic E-state index is 12.6. The van der Waals surface area contributed by atoms with Gasteiger partial charge in [0.15, 0.2) is 17.3 Å². The first-order valence-corrected chi connectivity index (χ1v) is 9.85. The number of carboxylic acid groups (broad SMARTS) is 1. The molecule has 1 aromatic rings. The van der Waals surface area contributed by atoms with E-state index in [4.69, 9.17) is 29.8 Å². The molecule has 2 atom stereocenters. The molecule has 0 fully saturated rings. The molecule has 192 valence electrons. The lowest BCUT2D eigenvalue weighted by Gasteiger charge is -2.19. The van der Waals surface area contributed by atoms with E-state index in [1.165, 1.54) is 21.1 Å². The van der Waals surface area contributed by atoms with Gasteiger partial charge in [-0.15, -0.1) is 0 Å². The van der Waals surface area contributed by atoms with Crippen molar-refractivity contribution >= 4 is 23.4 Å². The van der Waals surface area contributed by atoms with Crippen LogP contribution in [0, 0.1) is 0 Å². The number of ketones is 2. The van der Waals surface area contributed by atoms with Crippen molar-refractivity contribution in [2.24, 2.45) is 5.73 Å². The van der Waals surface area contributed by atoms with Crippen LogP contribution in [0.25, 0.3) is 0 Å². The van der Waals surface area contributed by atoms with Crippen LogP contribution in [0.5, 0.6) is 11.5 Å². The number of alkyl halides is 3. The fourth-order valence-electron chi connectivity index (χ4n) is 2.65. The van der Waals surface area contributed by atoms with Gasteiger partial charge in [0.05, 0.1) is 26.9 Å². The quantitative estimate of drug-likeness (QED) is 0.390. The van der Waals surface area contributed by atoms with Crippen molar-refractivity contribution in [2.45, 2.75) is 44.4 Å². The minimum absolute atomic E-state index is 0.0204. The molecule has 1 amide bonds. The molecule has 0 bridgehead atoms. The number of nitrogens with one attached hydrogen (secondary N) is 1. The van der Waals surface area contributed by atoms with Gasteiger partial charge in [-0.2, -0.15) is 13.2 Å². The van der Waals surface area contributed by atoms with Gasteiger partial charge >= 0.3 is 12.1 Å². The number of halogens is 3. The SMILES string of the molecule is COC[C@H](NC(=O)[C@@H](N)CC(C)=O)C(=O)CCc1cccc(OC)c1OC.O=C(O)C(F)(F)F. The maximum absolute atomic E-state index is 12.6. The summed E-state index contributed by atoms with van der Waals surface area (Å²) >= 11 is 0. The minimum atomic E-state index is -5.08. The second-order valence-corrected chi connectivity index (χ2v) is 6.95. The van der Waals surface area contributed by atoms with Gasteiger partial charge in [-0.25, -0.2) is 4.79 Å². The highest BCUT2D eigenvalue weighted by molar-refractivity contribution is 5.93. The maximum Gasteiger partial charge on any atom is 0.490 e. The average Bonchev–Trinajstić information content (AvgIpc) is 2.75. The van der Waals surface area contributed by atoms with Crippen molar-refractivity contribution < 1.29 is 51.7 Å². The number of aliphatic carboxylic acids is 1. The highest BCUT2D eigenvalue weighted by Crippen LogP contribution is 2.31. The molecule has 1 aromatic carbocycles. The third kappa shape index (κ3) is 11.1. The molecule has 10 nitrogen and oxygen atoms in total. The summed E-state index contributed by atoms with van der Waals surface area (Å²) in [6, 6.07) is 3.61. The highest BCUT2D eigenvalue weighted by atomic mass is 19.4. The Hall–Kier alpha value is -3.19. The Morgan fingerprint density at radius 2 is 1.71 bits per heavy atom. The van der Waals surface area contributed by atoms with Crippen molar-refractivity contribution in [2.75, 3.05) is 27.9 Å². The van der Waals surface area contributed by atoms with E-state index in [-0.39, 0.29) is 31.0 Å². The summed E-state index contributed by atoms with van der Waals surface area (Å²) in [6.07, 6.45) is -4.59. The molecule has 13 heteroatoms. The van der Waals surface area contributed by atoms with Crippen LogP contribution in [-0.2, 0) is 30.3 Å². The van der Waals surface area contributed by atoms with E-state index in [1.807, 2.05) is 12.1 Å². The van der Waals surface area contributed by atoms with E-state index in [2.05, 4.69) is 5.32 Å². The van der Waals surface area contributed by atoms with Gasteiger partial charge in [0.2, 0.25) is 5.91 Å². The second-order valence-electron chi connectivity index (χ2n) is 6.95. The first-order valence-electron chi connectivity index (χ1n) is 9.85. The summed E-state index contributed by atoms with van der Waals surface area (Å²) in [7, 11) is 4.52. The number of carboxylic acids is 1. The van der Waals surface area contributed by atoms with E-state index in [9.17, 15) is 27.6 Å². The van der Waals surface area contributed by atoms with Gasteiger partial charge in [0.1, 0.15) is 11.8 Å². The third-order valence-corrected chi connectivity index (χ3v) is 4.25. The number of methoxy groups -OCH3 is 3. The zero-order valence-electron chi connectivity index (χ0n) is 19.2. The number of nitrogens with two attached hydrogens (primary N) is 1. The van der Waals surface area contributed by atoms with Crippen LogP contribution in [0.15, 0.2) is 18.2 Å². The Balaban J connectivity index is 0.00000135. The van der Waals surface area contributed by atoms with Gasteiger partial charge in [0, 0.05) is 20.0 Å². The topological polar surface area (TPSA) is 154 Å². The molecule has 0 saturated heterocycles. The molecule has 0 aliphatic carbocycles. The van der Waals surface area contributed by atoms with E-state index in [0.717, 1.165) is 5.56 Å². The molecule has 0 aliphatic heterocycles. The number of Topliss-reactive ketones (excluding diaryl/α,β-unsaturated/α-hetero) is 2. The summed E-state index contributed by atoms with van der Waals surface area (Å²) in [5.41, 5.74) is 6.50. The largest absolute Gasteiger partial charge is 0.493 e. The lowest BCUT2D eigenvalue weighted by Crippen LogP contribution is -2.50. The van der Waals surface area contributed by atoms with Crippen LogP contribution in [-0.4, -0.2) is 74.7 Å². The zero-order chi connectivity index (χ0) is 26.5. The number of amides is 1. The number of carbonyl (C=O) groups is 4. The smallest absolute Gasteiger partial charge is 0.490 e. The number of carbonyl (C=O) groups excluding carboxylic acids is 3.